The molecule has 0 bridgehead atoms. The van der Waals surface area contributed by atoms with Crippen LogP contribution in [0.2, 0.25) is 5.02 Å². The van der Waals surface area contributed by atoms with Crippen LogP contribution < -0.4 is 0 Å². The van der Waals surface area contributed by atoms with Crippen LogP contribution in [0.5, 0.6) is 0 Å². The summed E-state index contributed by atoms with van der Waals surface area (Å²) in [6, 6.07) is 5.29. The summed E-state index contributed by atoms with van der Waals surface area (Å²) < 4.78 is 1.90. The quantitative estimate of drug-likeness (QED) is 0.851. The van der Waals surface area contributed by atoms with Crippen LogP contribution in [0, 0.1) is 0 Å². The summed E-state index contributed by atoms with van der Waals surface area (Å²) in [4.78, 5) is 11.0. The zero-order valence-electron chi connectivity index (χ0n) is 8.20. The fraction of sp³-hybridized carbons (Fsp3) is 0.182. The molecule has 1 heterocycles. The van der Waals surface area contributed by atoms with E-state index in [0.29, 0.717) is 16.0 Å². The maximum absolute atomic E-state index is 11.0. The summed E-state index contributed by atoms with van der Waals surface area (Å²) in [5, 5.41) is 10.3. The van der Waals surface area contributed by atoms with Gasteiger partial charge in [0.2, 0.25) is 0 Å². The van der Waals surface area contributed by atoms with E-state index in [0.717, 1.165) is 12.1 Å². The first kappa shape index (κ1) is 10.1. The van der Waals surface area contributed by atoms with Gasteiger partial charge < -0.3 is 9.67 Å². The number of fused-ring (bicyclic) bond motifs is 1. The highest BCUT2D eigenvalue weighted by molar-refractivity contribution is 6.31. The number of halogens is 1. The van der Waals surface area contributed by atoms with Crippen molar-refractivity contribution in [3.63, 3.8) is 0 Å². The summed E-state index contributed by atoms with van der Waals surface area (Å²) in [5.74, 6) is -0.922. The molecule has 1 N–H and O–H groups in total. The number of aromatic carboxylic acids is 1. The first-order valence-corrected chi connectivity index (χ1v) is 5.03. The van der Waals surface area contributed by atoms with Gasteiger partial charge in [0.15, 0.2) is 0 Å². The Labute approximate surface area is 91.9 Å². The van der Waals surface area contributed by atoms with Crippen molar-refractivity contribution in [1.82, 2.24) is 4.57 Å². The molecular formula is C11H10ClNO2. The van der Waals surface area contributed by atoms with Gasteiger partial charge in [-0.05, 0) is 25.1 Å². The number of carboxylic acids is 1. The molecule has 3 nitrogen and oxygen atoms in total. The van der Waals surface area contributed by atoms with Gasteiger partial charge in [0.25, 0.3) is 0 Å². The third-order valence-corrected chi connectivity index (χ3v) is 2.65. The van der Waals surface area contributed by atoms with E-state index in [1.165, 1.54) is 0 Å². The van der Waals surface area contributed by atoms with Crippen LogP contribution in [0.25, 0.3) is 10.9 Å². The molecule has 2 rings (SSSR count). The maximum atomic E-state index is 11.0. The number of benzene rings is 1. The zero-order valence-corrected chi connectivity index (χ0v) is 8.95. The van der Waals surface area contributed by atoms with Crippen molar-refractivity contribution in [2.45, 2.75) is 13.5 Å². The minimum atomic E-state index is -0.922. The standard InChI is InChI=1S/C11H10ClNO2/c1-2-13-6-9(11(14)15)8-5-7(12)3-4-10(8)13/h3-6H,2H2,1H3,(H,14,15). The first-order chi connectivity index (χ1) is 7.13. The first-order valence-electron chi connectivity index (χ1n) is 4.65. The van der Waals surface area contributed by atoms with Crippen LogP contribution in [-0.2, 0) is 6.54 Å². The number of hydrogen-bond donors (Lipinski definition) is 1. The average molecular weight is 224 g/mol. The fourth-order valence-electron chi connectivity index (χ4n) is 1.70. The second-order valence-electron chi connectivity index (χ2n) is 3.30. The molecule has 0 radical (unpaired) electrons. The van der Waals surface area contributed by atoms with E-state index >= 15 is 0 Å². The fourth-order valence-corrected chi connectivity index (χ4v) is 1.87. The van der Waals surface area contributed by atoms with E-state index < -0.39 is 5.97 Å². The molecule has 0 amide bonds. The van der Waals surface area contributed by atoms with E-state index in [4.69, 9.17) is 16.7 Å². The number of rotatable bonds is 2. The van der Waals surface area contributed by atoms with Crippen molar-refractivity contribution in [1.29, 1.82) is 0 Å². The van der Waals surface area contributed by atoms with E-state index in [-0.39, 0.29) is 0 Å². The van der Waals surface area contributed by atoms with Crippen molar-refractivity contribution in [3.05, 3.63) is 35.0 Å². The molecule has 0 aliphatic rings. The Kier molecular flexibility index (Phi) is 2.40. The number of nitrogens with zero attached hydrogens (tertiary/aromatic N) is 1. The Morgan fingerprint density at radius 2 is 2.27 bits per heavy atom. The highest BCUT2D eigenvalue weighted by atomic mass is 35.5. The van der Waals surface area contributed by atoms with E-state index in [2.05, 4.69) is 0 Å². The summed E-state index contributed by atoms with van der Waals surface area (Å²) in [6.45, 7) is 2.71. The molecule has 0 atom stereocenters. The number of aromatic nitrogens is 1. The zero-order chi connectivity index (χ0) is 11.0. The molecule has 1 aromatic carbocycles. The van der Waals surface area contributed by atoms with Crippen LogP contribution >= 0.6 is 11.6 Å². The van der Waals surface area contributed by atoms with Crippen LogP contribution in [0.3, 0.4) is 0 Å². The van der Waals surface area contributed by atoms with E-state index in [1.54, 1.807) is 18.3 Å². The van der Waals surface area contributed by atoms with Crippen LogP contribution in [0.1, 0.15) is 17.3 Å². The van der Waals surface area contributed by atoms with Gasteiger partial charge in [0, 0.05) is 28.7 Å². The SMILES string of the molecule is CCn1cc(C(=O)O)c2cc(Cl)ccc21. The molecule has 2 aromatic rings. The van der Waals surface area contributed by atoms with Gasteiger partial charge in [-0.1, -0.05) is 11.6 Å². The van der Waals surface area contributed by atoms with E-state index in [9.17, 15) is 4.79 Å². The molecule has 0 aliphatic carbocycles. The minimum absolute atomic E-state index is 0.300. The number of carbonyl (C=O) groups is 1. The average Bonchev–Trinajstić information content (AvgIpc) is 2.55. The molecule has 0 aliphatic heterocycles. The normalized spacial score (nSPS) is 10.8. The van der Waals surface area contributed by atoms with Crippen LogP contribution in [-0.4, -0.2) is 15.6 Å². The Morgan fingerprint density at radius 3 is 2.87 bits per heavy atom. The molecule has 1 aromatic heterocycles. The Bertz CT molecular complexity index is 531. The molecule has 0 saturated heterocycles. The summed E-state index contributed by atoms with van der Waals surface area (Å²) >= 11 is 5.85. The lowest BCUT2D eigenvalue weighted by Gasteiger charge is -1.99. The third kappa shape index (κ3) is 1.59. The van der Waals surface area contributed by atoms with Gasteiger partial charge in [-0.15, -0.1) is 0 Å². The minimum Gasteiger partial charge on any atom is -0.478 e. The predicted octanol–water partition coefficient (Wildman–Crippen LogP) is 3.01. The van der Waals surface area contributed by atoms with Crippen LogP contribution in [0.15, 0.2) is 24.4 Å². The topological polar surface area (TPSA) is 42.2 Å². The second-order valence-corrected chi connectivity index (χ2v) is 3.73. The molecule has 78 valence electrons. The van der Waals surface area contributed by atoms with Gasteiger partial charge in [-0.2, -0.15) is 0 Å². The van der Waals surface area contributed by atoms with E-state index in [1.807, 2.05) is 17.6 Å². The van der Waals surface area contributed by atoms with Crippen molar-refractivity contribution >= 4 is 28.5 Å². The highest BCUT2D eigenvalue weighted by Crippen LogP contribution is 2.24. The van der Waals surface area contributed by atoms with Gasteiger partial charge in [0.1, 0.15) is 0 Å². The van der Waals surface area contributed by atoms with Gasteiger partial charge in [-0.3, -0.25) is 0 Å². The monoisotopic (exact) mass is 223 g/mol. The third-order valence-electron chi connectivity index (χ3n) is 2.41. The number of hydrogen-bond acceptors (Lipinski definition) is 1. The molecule has 0 unspecified atom stereocenters. The Balaban J connectivity index is 2.81. The Morgan fingerprint density at radius 1 is 1.53 bits per heavy atom. The molecule has 0 saturated carbocycles. The Hall–Kier alpha value is -1.48. The van der Waals surface area contributed by atoms with Gasteiger partial charge >= 0.3 is 5.97 Å². The lowest BCUT2D eigenvalue weighted by Crippen LogP contribution is -1.94. The lowest BCUT2D eigenvalue weighted by atomic mass is 10.2. The molecule has 15 heavy (non-hydrogen) atoms. The molecule has 0 fully saturated rings. The van der Waals surface area contributed by atoms with Crippen LogP contribution in [0.4, 0.5) is 0 Å². The summed E-state index contributed by atoms with van der Waals surface area (Å²) in [5.41, 5.74) is 1.20. The largest absolute Gasteiger partial charge is 0.478 e. The van der Waals surface area contributed by atoms with Crippen molar-refractivity contribution in [2.24, 2.45) is 0 Å². The van der Waals surface area contributed by atoms with Crippen molar-refractivity contribution in [3.8, 4) is 0 Å². The van der Waals surface area contributed by atoms with Crippen molar-refractivity contribution < 1.29 is 9.90 Å². The number of carboxylic acid groups (broad SMARTS) is 1. The summed E-state index contributed by atoms with van der Waals surface area (Å²) in [7, 11) is 0. The lowest BCUT2D eigenvalue weighted by molar-refractivity contribution is 0.0699. The molecule has 0 spiro atoms. The van der Waals surface area contributed by atoms with Crippen molar-refractivity contribution in [2.75, 3.05) is 0 Å². The van der Waals surface area contributed by atoms with Gasteiger partial charge in [0.05, 0.1) is 5.56 Å². The smallest absolute Gasteiger partial charge is 0.337 e. The molecular weight excluding hydrogens is 214 g/mol. The molecule has 4 heteroatoms. The second kappa shape index (κ2) is 3.59. The van der Waals surface area contributed by atoms with Gasteiger partial charge in [-0.25, -0.2) is 4.79 Å². The highest BCUT2D eigenvalue weighted by Gasteiger charge is 2.13. The predicted molar refractivity (Wildman–Crippen MR) is 59.6 cm³/mol. The maximum Gasteiger partial charge on any atom is 0.337 e. The number of aryl methyl sites for hydroxylation is 1. The summed E-state index contributed by atoms with van der Waals surface area (Å²) in [6.07, 6.45) is 1.64.